The third-order valence-electron chi connectivity index (χ3n) is 4.01. The summed E-state index contributed by atoms with van der Waals surface area (Å²) in [5.41, 5.74) is 2.98. The van der Waals surface area contributed by atoms with Gasteiger partial charge >= 0.3 is 0 Å². The van der Waals surface area contributed by atoms with Gasteiger partial charge in [-0.3, -0.25) is 19.5 Å². The van der Waals surface area contributed by atoms with E-state index in [-0.39, 0.29) is 25.3 Å². The molecule has 0 unspecified atom stereocenters. The number of hydrogen-bond acceptors (Lipinski definition) is 5. The molecule has 0 aliphatic heterocycles. The second kappa shape index (κ2) is 14.7. The number of carbonyl (C=O) groups is 1. The number of nitrogens with zero attached hydrogens (tertiary/aromatic N) is 2. The molecule has 7 nitrogen and oxygen atoms in total. The number of para-hydroxylation sites is 1. The summed E-state index contributed by atoms with van der Waals surface area (Å²) in [6, 6.07) is 25.2. The number of carboxylic acid groups (broad SMARTS) is 1. The first-order valence-electron chi connectivity index (χ1n) is 9.94. The molecule has 0 bridgehead atoms. The van der Waals surface area contributed by atoms with Crippen LogP contribution in [0.15, 0.2) is 108 Å². The largest absolute Gasteiger partial charge is 0.481 e. The van der Waals surface area contributed by atoms with Crippen LogP contribution < -0.4 is 4.72 Å². The number of rotatable bonds is 4. The number of aliphatic carboxylic acids is 1. The molecule has 4 rings (SSSR count). The Balaban J connectivity index is 0.000000440. The third-order valence-corrected chi connectivity index (χ3v) is 5.39. The number of sulfonamides is 1. The fourth-order valence-corrected chi connectivity index (χ4v) is 3.63. The van der Waals surface area contributed by atoms with Crippen molar-refractivity contribution in [3.8, 4) is 11.3 Å². The fourth-order valence-electron chi connectivity index (χ4n) is 2.55. The number of benzene rings is 2. The summed E-state index contributed by atoms with van der Waals surface area (Å²) in [4.78, 5) is 17.3. The quantitative estimate of drug-likeness (QED) is 0.334. The molecule has 2 aromatic carbocycles. The SMILES string of the molecule is CC(=O)O.Cc1ccc(S(=O)(=O)Nc2ccccc2-c2ccccn2)cc1.[Pd].c1ccncc1. The molecule has 0 aliphatic rings. The van der Waals surface area contributed by atoms with E-state index in [1.54, 1.807) is 55.0 Å². The molecule has 0 saturated heterocycles. The summed E-state index contributed by atoms with van der Waals surface area (Å²) in [5.74, 6) is -0.833. The Morgan fingerprint density at radius 1 is 0.824 bits per heavy atom. The zero-order valence-corrected chi connectivity index (χ0v) is 21.0. The molecule has 0 fully saturated rings. The number of nitrogens with one attached hydrogen (secondary N) is 1. The number of aryl methyl sites for hydroxylation is 1. The molecule has 0 spiro atoms. The first-order valence-corrected chi connectivity index (χ1v) is 11.4. The predicted octanol–water partition coefficient (Wildman–Crippen LogP) is 5.03. The van der Waals surface area contributed by atoms with E-state index < -0.39 is 16.0 Å². The minimum atomic E-state index is -3.64. The molecule has 4 aromatic rings. The number of pyridine rings is 2. The van der Waals surface area contributed by atoms with Gasteiger partial charge < -0.3 is 5.11 Å². The fraction of sp³-hybridized carbons (Fsp3) is 0.0800. The van der Waals surface area contributed by atoms with Crippen molar-refractivity contribution in [2.24, 2.45) is 0 Å². The van der Waals surface area contributed by atoms with E-state index in [4.69, 9.17) is 9.90 Å². The zero-order chi connectivity index (χ0) is 24.1. The van der Waals surface area contributed by atoms with E-state index >= 15 is 0 Å². The molecule has 2 heterocycles. The van der Waals surface area contributed by atoms with Crippen LogP contribution >= 0.6 is 0 Å². The third kappa shape index (κ3) is 10.0. The second-order valence-corrected chi connectivity index (χ2v) is 8.41. The second-order valence-electron chi connectivity index (χ2n) is 6.72. The molecule has 0 radical (unpaired) electrons. The van der Waals surface area contributed by atoms with Gasteiger partial charge in [0.15, 0.2) is 0 Å². The summed E-state index contributed by atoms with van der Waals surface area (Å²) in [7, 11) is -3.64. The topological polar surface area (TPSA) is 109 Å². The summed E-state index contributed by atoms with van der Waals surface area (Å²) in [6.45, 7) is 3.00. The molecule has 0 amide bonds. The van der Waals surface area contributed by atoms with E-state index in [9.17, 15) is 8.42 Å². The van der Waals surface area contributed by atoms with Gasteiger partial charge in [0, 0.05) is 51.5 Å². The van der Waals surface area contributed by atoms with Crippen molar-refractivity contribution in [1.82, 2.24) is 9.97 Å². The van der Waals surface area contributed by atoms with Crippen molar-refractivity contribution >= 4 is 21.7 Å². The van der Waals surface area contributed by atoms with Crippen molar-refractivity contribution in [3.05, 3.63) is 109 Å². The van der Waals surface area contributed by atoms with Crippen LogP contribution in [0, 0.1) is 6.92 Å². The van der Waals surface area contributed by atoms with E-state index in [1.165, 1.54) is 0 Å². The van der Waals surface area contributed by atoms with Crippen LogP contribution in [0.25, 0.3) is 11.3 Å². The maximum Gasteiger partial charge on any atom is 0.300 e. The number of anilines is 1. The van der Waals surface area contributed by atoms with Crippen LogP contribution in [-0.4, -0.2) is 29.5 Å². The zero-order valence-electron chi connectivity index (χ0n) is 18.6. The molecule has 34 heavy (non-hydrogen) atoms. The summed E-state index contributed by atoms with van der Waals surface area (Å²) in [6.07, 6.45) is 5.18. The molecule has 9 heteroatoms. The van der Waals surface area contributed by atoms with Crippen molar-refractivity contribution < 1.29 is 38.7 Å². The Morgan fingerprint density at radius 2 is 1.38 bits per heavy atom. The Bertz CT molecular complexity index is 1210. The van der Waals surface area contributed by atoms with Crippen LogP contribution in [-0.2, 0) is 35.2 Å². The smallest absolute Gasteiger partial charge is 0.300 e. The molecular weight excluding hydrogens is 545 g/mol. The van der Waals surface area contributed by atoms with Gasteiger partial charge in [0.2, 0.25) is 0 Å². The number of carboxylic acids is 1. The van der Waals surface area contributed by atoms with Gasteiger partial charge in [-0.05, 0) is 49.4 Å². The van der Waals surface area contributed by atoms with Crippen molar-refractivity contribution in [2.45, 2.75) is 18.7 Å². The van der Waals surface area contributed by atoms with Gasteiger partial charge in [-0.25, -0.2) is 8.42 Å². The standard InChI is InChI=1S/C18H16N2O2S.C5H5N.C2H4O2.Pd/c1-14-9-11-15(12-10-14)23(21,22)20-18-8-3-2-6-16(18)17-7-4-5-13-19-17;1-2-4-6-5-3-1;1-2(3)4;/h2-13,20H,1H3;1-5H;1H3,(H,3,4);. The maximum absolute atomic E-state index is 12.6. The molecule has 0 aliphatic carbocycles. The van der Waals surface area contributed by atoms with Crippen LogP contribution in [0.4, 0.5) is 5.69 Å². The van der Waals surface area contributed by atoms with Gasteiger partial charge in [-0.1, -0.05) is 48.0 Å². The van der Waals surface area contributed by atoms with E-state index in [1.807, 2.05) is 55.5 Å². The Labute approximate surface area is 213 Å². The van der Waals surface area contributed by atoms with Crippen LogP contribution in [0.3, 0.4) is 0 Å². The minimum Gasteiger partial charge on any atom is -0.481 e. The summed E-state index contributed by atoms with van der Waals surface area (Å²) < 4.78 is 27.8. The van der Waals surface area contributed by atoms with Crippen molar-refractivity contribution in [1.29, 1.82) is 0 Å². The molecule has 0 saturated carbocycles. The maximum atomic E-state index is 12.6. The minimum absolute atomic E-state index is 0. The first-order chi connectivity index (χ1) is 15.8. The van der Waals surface area contributed by atoms with Crippen molar-refractivity contribution in [2.75, 3.05) is 4.72 Å². The molecule has 0 atom stereocenters. The van der Waals surface area contributed by atoms with Crippen LogP contribution in [0.5, 0.6) is 0 Å². The van der Waals surface area contributed by atoms with Gasteiger partial charge in [-0.2, -0.15) is 0 Å². The summed E-state index contributed by atoms with van der Waals surface area (Å²) >= 11 is 0. The predicted molar refractivity (Wildman–Crippen MR) is 129 cm³/mol. The van der Waals surface area contributed by atoms with Crippen LogP contribution in [0.1, 0.15) is 12.5 Å². The number of aromatic nitrogens is 2. The molecule has 2 N–H and O–H groups in total. The average Bonchev–Trinajstić information content (AvgIpc) is 2.81. The Morgan fingerprint density at radius 3 is 1.88 bits per heavy atom. The van der Waals surface area contributed by atoms with Gasteiger partial charge in [-0.15, -0.1) is 0 Å². The summed E-state index contributed by atoms with van der Waals surface area (Å²) in [5, 5.41) is 7.42. The van der Waals surface area contributed by atoms with E-state index in [0.29, 0.717) is 5.69 Å². The van der Waals surface area contributed by atoms with Crippen molar-refractivity contribution in [3.63, 3.8) is 0 Å². The first kappa shape index (κ1) is 28.7. The van der Waals surface area contributed by atoms with Gasteiger partial charge in [0.05, 0.1) is 16.3 Å². The normalized spacial score (nSPS) is 9.71. The molecular formula is C25H25N3O4PdS. The van der Waals surface area contributed by atoms with Gasteiger partial charge in [0.25, 0.3) is 16.0 Å². The van der Waals surface area contributed by atoms with Gasteiger partial charge in [0.1, 0.15) is 0 Å². The monoisotopic (exact) mass is 569 g/mol. The molecule has 180 valence electrons. The number of hydrogen-bond donors (Lipinski definition) is 2. The molecule has 2 aromatic heterocycles. The van der Waals surface area contributed by atoms with E-state index in [2.05, 4.69) is 14.7 Å². The average molecular weight is 570 g/mol. The van der Waals surface area contributed by atoms with Crippen LogP contribution in [0.2, 0.25) is 0 Å². The Kier molecular flexibility index (Phi) is 12.4. The van der Waals surface area contributed by atoms with E-state index in [0.717, 1.165) is 23.7 Å². The Hall–Kier alpha value is -3.38.